The van der Waals surface area contributed by atoms with Crippen molar-refractivity contribution in [3.63, 3.8) is 0 Å². The van der Waals surface area contributed by atoms with Crippen LogP contribution in [-0.2, 0) is 10.0 Å². The monoisotopic (exact) mass is 338 g/mol. The number of halogens is 2. The molecule has 0 atom stereocenters. The Morgan fingerprint density at radius 2 is 1.80 bits per heavy atom. The minimum atomic E-state index is -3.83. The van der Waals surface area contributed by atoms with E-state index in [0.717, 1.165) is 0 Å². The van der Waals surface area contributed by atoms with Crippen molar-refractivity contribution in [2.45, 2.75) is 44.0 Å². The molecule has 114 valence electrons. The molecule has 0 aliphatic carbocycles. The number of benzene rings is 1. The highest BCUT2D eigenvalue weighted by Crippen LogP contribution is 2.33. The predicted octanol–water partition coefficient (Wildman–Crippen LogP) is 3.10. The van der Waals surface area contributed by atoms with Crippen molar-refractivity contribution in [3.8, 4) is 0 Å². The molecule has 0 saturated heterocycles. The molecule has 4 nitrogen and oxygen atoms in total. The summed E-state index contributed by atoms with van der Waals surface area (Å²) in [4.78, 5) is -0.0828. The summed E-state index contributed by atoms with van der Waals surface area (Å²) in [7, 11) is -3.83. The van der Waals surface area contributed by atoms with Crippen LogP contribution in [0, 0.1) is 6.92 Å². The van der Waals surface area contributed by atoms with Gasteiger partial charge in [-0.3, -0.25) is 0 Å². The van der Waals surface area contributed by atoms with Crippen LogP contribution in [0.25, 0.3) is 0 Å². The first-order chi connectivity index (χ1) is 9.23. The van der Waals surface area contributed by atoms with E-state index in [-0.39, 0.29) is 21.5 Å². The van der Waals surface area contributed by atoms with Crippen molar-refractivity contribution in [1.82, 2.24) is 4.72 Å². The molecule has 1 rings (SSSR count). The smallest absolute Gasteiger partial charge is 0.244 e. The standard InChI is InChI=1S/C13H20Cl2N2O2S/c1-4-13(5-2,8-16)17-20(18,19)12-10(14)7-6-9(3)11(12)15/h6-7,17H,4-5,8,16H2,1-3H3. The second-order valence-corrected chi connectivity index (χ2v) is 7.21. The van der Waals surface area contributed by atoms with Gasteiger partial charge in [0, 0.05) is 12.1 Å². The van der Waals surface area contributed by atoms with E-state index >= 15 is 0 Å². The van der Waals surface area contributed by atoms with Gasteiger partial charge in [0.05, 0.1) is 10.0 Å². The normalized spacial score (nSPS) is 12.7. The average molecular weight is 339 g/mol. The Morgan fingerprint density at radius 3 is 2.25 bits per heavy atom. The van der Waals surface area contributed by atoms with E-state index in [4.69, 9.17) is 28.9 Å². The number of rotatable bonds is 6. The Bertz CT molecular complexity index is 576. The molecule has 0 unspecified atom stereocenters. The Morgan fingerprint density at radius 1 is 1.25 bits per heavy atom. The molecular weight excluding hydrogens is 319 g/mol. The SMILES string of the molecule is CCC(CC)(CN)NS(=O)(=O)c1c(Cl)ccc(C)c1Cl. The van der Waals surface area contributed by atoms with E-state index in [1.54, 1.807) is 13.0 Å². The molecule has 20 heavy (non-hydrogen) atoms. The first kappa shape index (κ1) is 17.7. The van der Waals surface area contributed by atoms with Gasteiger partial charge in [0.15, 0.2) is 0 Å². The molecule has 0 spiro atoms. The second kappa shape index (κ2) is 6.62. The lowest BCUT2D eigenvalue weighted by molar-refractivity contribution is 0.363. The van der Waals surface area contributed by atoms with Crippen molar-refractivity contribution < 1.29 is 8.42 Å². The third kappa shape index (κ3) is 3.46. The Kier molecular flexibility index (Phi) is 5.87. The molecule has 1 aromatic rings. The number of sulfonamides is 1. The highest BCUT2D eigenvalue weighted by molar-refractivity contribution is 7.89. The zero-order chi connectivity index (χ0) is 15.6. The van der Waals surface area contributed by atoms with Crippen molar-refractivity contribution in [1.29, 1.82) is 0 Å². The molecular formula is C13H20Cl2N2O2S. The highest BCUT2D eigenvalue weighted by Gasteiger charge is 2.33. The molecule has 3 N–H and O–H groups in total. The number of aryl methyl sites for hydroxylation is 1. The van der Waals surface area contributed by atoms with Gasteiger partial charge in [-0.05, 0) is 31.4 Å². The lowest BCUT2D eigenvalue weighted by atomic mass is 9.95. The van der Waals surface area contributed by atoms with Crippen LogP contribution in [0.5, 0.6) is 0 Å². The summed E-state index contributed by atoms with van der Waals surface area (Å²) in [6.45, 7) is 5.71. The Labute approximate surface area is 130 Å². The van der Waals surface area contributed by atoms with Gasteiger partial charge < -0.3 is 5.73 Å². The fraction of sp³-hybridized carbons (Fsp3) is 0.538. The van der Waals surface area contributed by atoms with Crippen LogP contribution >= 0.6 is 23.2 Å². The van der Waals surface area contributed by atoms with E-state index in [9.17, 15) is 8.42 Å². The van der Waals surface area contributed by atoms with E-state index < -0.39 is 15.6 Å². The number of nitrogens with one attached hydrogen (secondary N) is 1. The summed E-state index contributed by atoms with van der Waals surface area (Å²) >= 11 is 12.1. The lowest BCUT2D eigenvalue weighted by Crippen LogP contribution is -2.52. The molecule has 0 aliphatic heterocycles. The minimum absolute atomic E-state index is 0.0828. The maximum Gasteiger partial charge on any atom is 0.244 e. The second-order valence-electron chi connectivity index (χ2n) is 4.80. The van der Waals surface area contributed by atoms with Gasteiger partial charge in [-0.2, -0.15) is 0 Å². The zero-order valence-corrected chi connectivity index (χ0v) is 14.2. The first-order valence-corrected chi connectivity index (χ1v) is 8.65. The van der Waals surface area contributed by atoms with Gasteiger partial charge in [0.25, 0.3) is 0 Å². The molecule has 1 aromatic carbocycles. The van der Waals surface area contributed by atoms with Gasteiger partial charge in [0.2, 0.25) is 10.0 Å². The summed E-state index contributed by atoms with van der Waals surface area (Å²) in [6, 6.07) is 3.21. The molecule has 0 fully saturated rings. The van der Waals surface area contributed by atoms with Crippen molar-refractivity contribution in [3.05, 3.63) is 27.7 Å². The third-order valence-electron chi connectivity index (χ3n) is 3.61. The average Bonchev–Trinajstić information content (AvgIpc) is 2.40. The summed E-state index contributed by atoms with van der Waals surface area (Å²) in [5.74, 6) is 0. The zero-order valence-electron chi connectivity index (χ0n) is 11.8. The van der Waals surface area contributed by atoms with Crippen LogP contribution in [0.15, 0.2) is 17.0 Å². The fourth-order valence-electron chi connectivity index (χ4n) is 1.94. The molecule has 0 radical (unpaired) electrons. The predicted molar refractivity (Wildman–Crippen MR) is 83.9 cm³/mol. The maximum absolute atomic E-state index is 12.6. The minimum Gasteiger partial charge on any atom is -0.329 e. The maximum atomic E-state index is 12.6. The van der Waals surface area contributed by atoms with Crippen molar-refractivity contribution in [2.75, 3.05) is 6.54 Å². The van der Waals surface area contributed by atoms with Gasteiger partial charge in [-0.25, -0.2) is 13.1 Å². The number of hydrogen-bond donors (Lipinski definition) is 2. The Hall–Kier alpha value is -0.330. The fourth-order valence-corrected chi connectivity index (χ4v) is 4.68. The van der Waals surface area contributed by atoms with E-state index in [1.165, 1.54) is 6.07 Å². The molecule has 0 aromatic heterocycles. The van der Waals surface area contributed by atoms with Gasteiger partial charge in [-0.1, -0.05) is 43.1 Å². The molecule has 0 heterocycles. The van der Waals surface area contributed by atoms with Crippen LogP contribution in [0.3, 0.4) is 0 Å². The first-order valence-electron chi connectivity index (χ1n) is 6.41. The largest absolute Gasteiger partial charge is 0.329 e. The summed E-state index contributed by atoms with van der Waals surface area (Å²) < 4.78 is 27.8. The van der Waals surface area contributed by atoms with E-state index in [2.05, 4.69) is 4.72 Å². The summed E-state index contributed by atoms with van der Waals surface area (Å²) in [5.41, 5.74) is 5.70. The third-order valence-corrected chi connectivity index (χ3v) is 6.30. The molecule has 0 saturated carbocycles. The van der Waals surface area contributed by atoms with Gasteiger partial charge >= 0.3 is 0 Å². The van der Waals surface area contributed by atoms with Gasteiger partial charge in [-0.15, -0.1) is 0 Å². The number of hydrogen-bond acceptors (Lipinski definition) is 3. The summed E-state index contributed by atoms with van der Waals surface area (Å²) in [6.07, 6.45) is 1.17. The van der Waals surface area contributed by atoms with Crippen molar-refractivity contribution in [2.24, 2.45) is 5.73 Å². The lowest BCUT2D eigenvalue weighted by Gasteiger charge is -2.31. The van der Waals surface area contributed by atoms with Gasteiger partial charge in [0.1, 0.15) is 4.90 Å². The number of nitrogens with two attached hydrogens (primary N) is 1. The summed E-state index contributed by atoms with van der Waals surface area (Å²) in [5, 5.41) is 0.245. The topological polar surface area (TPSA) is 72.2 Å². The van der Waals surface area contributed by atoms with Crippen LogP contribution in [0.4, 0.5) is 0 Å². The highest BCUT2D eigenvalue weighted by atomic mass is 35.5. The van der Waals surface area contributed by atoms with Crippen LogP contribution in [0.2, 0.25) is 10.0 Å². The molecule has 7 heteroatoms. The molecule has 0 amide bonds. The molecule has 0 aliphatic rings. The van der Waals surface area contributed by atoms with Crippen LogP contribution < -0.4 is 10.5 Å². The molecule has 0 bridgehead atoms. The van der Waals surface area contributed by atoms with Crippen LogP contribution in [0.1, 0.15) is 32.3 Å². The van der Waals surface area contributed by atoms with Crippen molar-refractivity contribution >= 4 is 33.2 Å². The quantitative estimate of drug-likeness (QED) is 0.836. The van der Waals surface area contributed by atoms with E-state index in [0.29, 0.717) is 18.4 Å². The van der Waals surface area contributed by atoms with Crippen LogP contribution in [-0.4, -0.2) is 20.5 Å². The Balaban J connectivity index is 3.35. The van der Waals surface area contributed by atoms with E-state index in [1.807, 2.05) is 13.8 Å².